The van der Waals surface area contributed by atoms with Gasteiger partial charge in [-0.05, 0) is 52.2 Å². The molecule has 5 heteroatoms. The van der Waals surface area contributed by atoms with E-state index in [-0.39, 0.29) is 5.75 Å². The van der Waals surface area contributed by atoms with E-state index in [2.05, 4.69) is 15.9 Å². The summed E-state index contributed by atoms with van der Waals surface area (Å²) in [6, 6.07) is 6.26. The fourth-order valence-electron chi connectivity index (χ4n) is 1.76. The number of hydrogen-bond acceptors (Lipinski definition) is 3. The maximum absolute atomic E-state index is 13.3. The maximum Gasteiger partial charge on any atom is 0.165 e. The third-order valence-corrected chi connectivity index (χ3v) is 4.28. The Morgan fingerprint density at radius 2 is 2.11 bits per heavy atom. The summed E-state index contributed by atoms with van der Waals surface area (Å²) in [7, 11) is 1.40. The molecule has 2 rings (SSSR count). The molecule has 0 aliphatic rings. The first-order chi connectivity index (χ1) is 8.52. The Kier molecular flexibility index (Phi) is 4.04. The molecule has 0 radical (unpaired) electrons. The summed E-state index contributed by atoms with van der Waals surface area (Å²) in [5.41, 5.74) is 1.43. The third kappa shape index (κ3) is 2.58. The molecule has 2 aromatic rings. The number of benzene rings is 1. The maximum atomic E-state index is 13.3. The van der Waals surface area contributed by atoms with Crippen molar-refractivity contribution in [3.05, 3.63) is 49.9 Å². The molecule has 0 fully saturated rings. The van der Waals surface area contributed by atoms with E-state index in [1.54, 1.807) is 17.4 Å². The van der Waals surface area contributed by atoms with Crippen molar-refractivity contribution >= 4 is 27.3 Å². The highest BCUT2D eigenvalue weighted by atomic mass is 79.9. The van der Waals surface area contributed by atoms with Crippen molar-refractivity contribution in [2.75, 3.05) is 7.11 Å². The summed E-state index contributed by atoms with van der Waals surface area (Å²) < 4.78 is 19.2. The highest BCUT2D eigenvalue weighted by molar-refractivity contribution is 9.11. The molecule has 1 heterocycles. The van der Waals surface area contributed by atoms with Gasteiger partial charge < -0.3 is 9.84 Å². The first kappa shape index (κ1) is 13.5. The average Bonchev–Trinajstić information content (AvgIpc) is 2.68. The average molecular weight is 331 g/mol. The number of methoxy groups -OCH3 is 1. The summed E-state index contributed by atoms with van der Waals surface area (Å²) in [6.07, 6.45) is -0.776. The number of halogens is 2. The smallest absolute Gasteiger partial charge is 0.165 e. The molecule has 0 aliphatic heterocycles. The van der Waals surface area contributed by atoms with Crippen LogP contribution in [0.5, 0.6) is 5.75 Å². The first-order valence-electron chi connectivity index (χ1n) is 5.30. The van der Waals surface area contributed by atoms with Crippen LogP contribution in [0, 0.1) is 12.7 Å². The highest BCUT2D eigenvalue weighted by Gasteiger charge is 2.17. The van der Waals surface area contributed by atoms with Crippen molar-refractivity contribution in [3.8, 4) is 5.75 Å². The number of aliphatic hydroxyl groups is 1. The molecule has 1 aromatic heterocycles. The van der Waals surface area contributed by atoms with Crippen molar-refractivity contribution in [1.82, 2.24) is 0 Å². The van der Waals surface area contributed by atoms with Crippen LogP contribution in [0.1, 0.15) is 22.1 Å². The minimum atomic E-state index is -0.776. The fourth-order valence-corrected chi connectivity index (χ4v) is 3.50. The van der Waals surface area contributed by atoms with Gasteiger partial charge in [-0.25, -0.2) is 4.39 Å². The zero-order valence-electron chi connectivity index (χ0n) is 9.91. The highest BCUT2D eigenvalue weighted by Crippen LogP contribution is 2.34. The van der Waals surface area contributed by atoms with Crippen LogP contribution in [0.25, 0.3) is 0 Å². The molecule has 18 heavy (non-hydrogen) atoms. The SMILES string of the molecule is COc1cc(C(O)c2cc(Br)sc2C)ccc1F. The van der Waals surface area contributed by atoms with Crippen molar-refractivity contribution < 1.29 is 14.2 Å². The van der Waals surface area contributed by atoms with Gasteiger partial charge >= 0.3 is 0 Å². The number of thiophene rings is 1. The van der Waals surface area contributed by atoms with E-state index in [0.717, 1.165) is 14.2 Å². The lowest BCUT2D eigenvalue weighted by molar-refractivity contribution is 0.219. The molecule has 0 aliphatic carbocycles. The summed E-state index contributed by atoms with van der Waals surface area (Å²) in [6.45, 7) is 1.94. The predicted molar refractivity (Wildman–Crippen MR) is 73.8 cm³/mol. The van der Waals surface area contributed by atoms with Crippen LogP contribution in [-0.2, 0) is 0 Å². The zero-order chi connectivity index (χ0) is 13.3. The Hall–Kier alpha value is -0.910. The Bertz CT molecular complexity index is 568. The van der Waals surface area contributed by atoms with E-state index < -0.39 is 11.9 Å². The molecule has 0 saturated heterocycles. The van der Waals surface area contributed by atoms with E-state index >= 15 is 0 Å². The van der Waals surface area contributed by atoms with Crippen molar-refractivity contribution in [1.29, 1.82) is 0 Å². The van der Waals surface area contributed by atoms with Crippen LogP contribution >= 0.6 is 27.3 Å². The molecule has 96 valence electrons. The topological polar surface area (TPSA) is 29.5 Å². The lowest BCUT2D eigenvalue weighted by Crippen LogP contribution is -2.01. The van der Waals surface area contributed by atoms with Gasteiger partial charge in [0, 0.05) is 4.88 Å². The van der Waals surface area contributed by atoms with Gasteiger partial charge in [-0.3, -0.25) is 0 Å². The van der Waals surface area contributed by atoms with Crippen LogP contribution in [0.3, 0.4) is 0 Å². The Morgan fingerprint density at radius 1 is 1.39 bits per heavy atom. The van der Waals surface area contributed by atoms with Crippen LogP contribution in [0.2, 0.25) is 0 Å². The number of rotatable bonds is 3. The summed E-state index contributed by atoms with van der Waals surface area (Å²) in [5, 5.41) is 10.3. The minimum absolute atomic E-state index is 0.137. The molecular weight excluding hydrogens is 319 g/mol. The quantitative estimate of drug-likeness (QED) is 0.919. The monoisotopic (exact) mass is 330 g/mol. The zero-order valence-corrected chi connectivity index (χ0v) is 12.3. The molecule has 1 aromatic carbocycles. The van der Waals surface area contributed by atoms with Gasteiger partial charge in [0.05, 0.1) is 10.9 Å². The summed E-state index contributed by atoms with van der Waals surface area (Å²) in [4.78, 5) is 1.03. The van der Waals surface area contributed by atoms with Crippen molar-refractivity contribution in [3.63, 3.8) is 0 Å². The largest absolute Gasteiger partial charge is 0.494 e. The van der Waals surface area contributed by atoms with Gasteiger partial charge in [0.1, 0.15) is 6.10 Å². The van der Waals surface area contributed by atoms with E-state index in [0.29, 0.717) is 5.56 Å². The van der Waals surface area contributed by atoms with Crippen LogP contribution < -0.4 is 4.74 Å². The van der Waals surface area contributed by atoms with E-state index in [9.17, 15) is 9.50 Å². The van der Waals surface area contributed by atoms with Gasteiger partial charge in [0.2, 0.25) is 0 Å². The Morgan fingerprint density at radius 3 is 2.67 bits per heavy atom. The van der Waals surface area contributed by atoms with Crippen LogP contribution in [-0.4, -0.2) is 12.2 Å². The van der Waals surface area contributed by atoms with Gasteiger partial charge in [-0.15, -0.1) is 11.3 Å². The van der Waals surface area contributed by atoms with E-state index in [1.807, 2.05) is 13.0 Å². The molecule has 0 spiro atoms. The normalized spacial score (nSPS) is 12.5. The number of aliphatic hydroxyl groups excluding tert-OH is 1. The molecule has 2 nitrogen and oxygen atoms in total. The van der Waals surface area contributed by atoms with Gasteiger partial charge in [-0.2, -0.15) is 0 Å². The first-order valence-corrected chi connectivity index (χ1v) is 6.91. The number of hydrogen-bond donors (Lipinski definition) is 1. The minimum Gasteiger partial charge on any atom is -0.494 e. The van der Waals surface area contributed by atoms with E-state index in [1.165, 1.54) is 19.2 Å². The molecule has 0 saturated carbocycles. The van der Waals surface area contributed by atoms with Crippen molar-refractivity contribution in [2.24, 2.45) is 0 Å². The molecule has 0 amide bonds. The Balaban J connectivity index is 2.39. The lowest BCUT2D eigenvalue weighted by atomic mass is 10.0. The third-order valence-electron chi connectivity index (χ3n) is 2.71. The molecule has 1 atom stereocenters. The standard InChI is InChI=1S/C13H12BrFO2S/c1-7-9(6-12(14)18-7)13(16)8-3-4-10(15)11(5-8)17-2/h3-6,13,16H,1-2H3. The molecule has 0 bridgehead atoms. The summed E-state index contributed by atoms with van der Waals surface area (Å²) >= 11 is 4.94. The van der Waals surface area contributed by atoms with Crippen LogP contribution in [0.4, 0.5) is 4.39 Å². The van der Waals surface area contributed by atoms with E-state index in [4.69, 9.17) is 4.74 Å². The second-order valence-corrected chi connectivity index (χ2v) is 6.49. The van der Waals surface area contributed by atoms with Crippen molar-refractivity contribution in [2.45, 2.75) is 13.0 Å². The van der Waals surface area contributed by atoms with Gasteiger partial charge in [0.25, 0.3) is 0 Å². The second-order valence-electron chi connectivity index (χ2n) is 3.86. The molecular formula is C13H12BrFO2S. The molecule has 1 N–H and O–H groups in total. The van der Waals surface area contributed by atoms with Gasteiger partial charge in [-0.1, -0.05) is 6.07 Å². The lowest BCUT2D eigenvalue weighted by Gasteiger charge is -2.12. The predicted octanol–water partition coefficient (Wildman–Crippen LogP) is 4.05. The van der Waals surface area contributed by atoms with Crippen LogP contribution in [0.15, 0.2) is 28.1 Å². The second kappa shape index (κ2) is 5.38. The Labute approximate surface area is 117 Å². The fraction of sp³-hybridized carbons (Fsp3) is 0.231. The molecule has 1 unspecified atom stereocenters. The number of aryl methyl sites for hydroxylation is 1. The summed E-state index contributed by atoms with van der Waals surface area (Å²) in [5.74, 6) is -0.296. The number of ether oxygens (including phenoxy) is 1. The van der Waals surface area contributed by atoms with Gasteiger partial charge in [0.15, 0.2) is 11.6 Å².